The van der Waals surface area contributed by atoms with E-state index in [1.165, 1.54) is 0 Å². The molecule has 1 aliphatic heterocycles. The van der Waals surface area contributed by atoms with Crippen molar-refractivity contribution in [2.75, 3.05) is 26.4 Å². The number of nitrogens with two attached hydrogens (primary N) is 2. The van der Waals surface area contributed by atoms with Gasteiger partial charge in [-0.2, -0.15) is 0 Å². The maximum absolute atomic E-state index is 11.4. The quantitative estimate of drug-likeness (QED) is 0.493. The van der Waals surface area contributed by atoms with Crippen LogP contribution in [0, 0.1) is 0 Å². The second-order valence-electron chi connectivity index (χ2n) is 3.59. The van der Waals surface area contributed by atoms with Gasteiger partial charge in [-0.3, -0.25) is 9.59 Å². The Bertz CT molecular complexity index is 253. The van der Waals surface area contributed by atoms with Crippen molar-refractivity contribution in [3.63, 3.8) is 0 Å². The smallest absolute Gasteiger partial charge is 0.237 e. The molecule has 0 spiro atoms. The summed E-state index contributed by atoms with van der Waals surface area (Å²) in [6.45, 7) is 1.87. The molecule has 1 saturated heterocycles. The minimum Gasteiger partial charge on any atom is -0.376 e. The summed E-state index contributed by atoms with van der Waals surface area (Å²) in [5.74, 6) is -1.01. The van der Waals surface area contributed by atoms with Crippen LogP contribution in [0.1, 0.15) is 6.42 Å². The standard InChI is InChI=1S/C9H17N3O4/c10-7(3-8(11)13)9(14)12-4-6-5-15-1-2-16-6/h6-7H,1-5,10H2,(H2,11,13)(H,12,14). The molecule has 5 N–H and O–H groups in total. The minimum atomic E-state index is -0.901. The summed E-state index contributed by atoms with van der Waals surface area (Å²) in [7, 11) is 0. The molecule has 0 aromatic rings. The molecule has 0 aliphatic carbocycles. The number of hydrogen-bond donors (Lipinski definition) is 3. The summed E-state index contributed by atoms with van der Waals surface area (Å²) in [6.07, 6.45) is -0.313. The third kappa shape index (κ3) is 4.56. The van der Waals surface area contributed by atoms with Gasteiger partial charge >= 0.3 is 0 Å². The first-order valence-corrected chi connectivity index (χ1v) is 5.10. The average molecular weight is 231 g/mol. The van der Waals surface area contributed by atoms with Crippen LogP contribution in [-0.4, -0.2) is 50.3 Å². The fourth-order valence-electron chi connectivity index (χ4n) is 1.31. The largest absolute Gasteiger partial charge is 0.376 e. The fraction of sp³-hybridized carbons (Fsp3) is 0.778. The molecule has 1 aliphatic rings. The molecular weight excluding hydrogens is 214 g/mol. The maximum Gasteiger partial charge on any atom is 0.237 e. The summed E-state index contributed by atoms with van der Waals surface area (Å²) >= 11 is 0. The first-order valence-electron chi connectivity index (χ1n) is 5.10. The van der Waals surface area contributed by atoms with Gasteiger partial charge in [0, 0.05) is 6.54 Å². The van der Waals surface area contributed by atoms with Crippen LogP contribution in [0.25, 0.3) is 0 Å². The van der Waals surface area contributed by atoms with Crippen LogP contribution >= 0.6 is 0 Å². The highest BCUT2D eigenvalue weighted by molar-refractivity contribution is 5.87. The van der Waals surface area contributed by atoms with E-state index in [-0.39, 0.29) is 12.5 Å². The Kier molecular flexibility index (Phi) is 5.17. The van der Waals surface area contributed by atoms with Crippen molar-refractivity contribution in [3.05, 3.63) is 0 Å². The summed E-state index contributed by atoms with van der Waals surface area (Å²) in [6, 6.07) is -0.901. The third-order valence-corrected chi connectivity index (χ3v) is 2.15. The number of rotatable bonds is 5. The lowest BCUT2D eigenvalue weighted by molar-refractivity contribution is -0.128. The molecule has 2 amide bonds. The first-order chi connectivity index (χ1) is 7.59. The van der Waals surface area contributed by atoms with Gasteiger partial charge in [0.1, 0.15) is 0 Å². The van der Waals surface area contributed by atoms with Gasteiger partial charge in [0.25, 0.3) is 0 Å². The second kappa shape index (κ2) is 6.41. The van der Waals surface area contributed by atoms with Gasteiger partial charge in [-0.1, -0.05) is 0 Å². The number of hydrogen-bond acceptors (Lipinski definition) is 5. The lowest BCUT2D eigenvalue weighted by atomic mass is 10.2. The zero-order chi connectivity index (χ0) is 12.0. The highest BCUT2D eigenvalue weighted by atomic mass is 16.6. The average Bonchev–Trinajstić information content (AvgIpc) is 2.26. The highest BCUT2D eigenvalue weighted by Crippen LogP contribution is 1.99. The molecule has 1 heterocycles. The van der Waals surface area contributed by atoms with E-state index in [0.29, 0.717) is 26.4 Å². The molecular formula is C9H17N3O4. The van der Waals surface area contributed by atoms with E-state index < -0.39 is 17.9 Å². The zero-order valence-corrected chi connectivity index (χ0v) is 8.98. The van der Waals surface area contributed by atoms with E-state index >= 15 is 0 Å². The topological polar surface area (TPSA) is 117 Å². The van der Waals surface area contributed by atoms with Gasteiger partial charge in [0.15, 0.2) is 0 Å². The van der Waals surface area contributed by atoms with E-state index in [1.54, 1.807) is 0 Å². The summed E-state index contributed by atoms with van der Waals surface area (Å²) in [5, 5.41) is 2.58. The van der Waals surface area contributed by atoms with Crippen molar-refractivity contribution in [2.45, 2.75) is 18.6 Å². The van der Waals surface area contributed by atoms with Crippen LogP contribution in [0.4, 0.5) is 0 Å². The molecule has 1 rings (SSSR count). The molecule has 0 saturated carbocycles. The molecule has 0 aromatic carbocycles. The first kappa shape index (κ1) is 12.9. The molecule has 16 heavy (non-hydrogen) atoms. The Morgan fingerprint density at radius 3 is 2.75 bits per heavy atom. The Morgan fingerprint density at radius 1 is 1.44 bits per heavy atom. The number of amides is 2. The van der Waals surface area contributed by atoms with Gasteiger partial charge in [-0.05, 0) is 0 Å². The number of nitrogens with one attached hydrogen (secondary N) is 1. The van der Waals surface area contributed by atoms with Crippen LogP contribution in [0.3, 0.4) is 0 Å². The minimum absolute atomic E-state index is 0.154. The zero-order valence-electron chi connectivity index (χ0n) is 8.98. The van der Waals surface area contributed by atoms with Crippen LogP contribution in [0.5, 0.6) is 0 Å². The van der Waals surface area contributed by atoms with Crippen LogP contribution in [0.2, 0.25) is 0 Å². The molecule has 92 valence electrons. The normalized spacial score (nSPS) is 22.4. The molecule has 0 bridgehead atoms. The Hall–Kier alpha value is -1.18. The lowest BCUT2D eigenvalue weighted by Crippen LogP contribution is -2.47. The van der Waals surface area contributed by atoms with Crippen LogP contribution in [-0.2, 0) is 19.1 Å². The van der Waals surface area contributed by atoms with Crippen molar-refractivity contribution in [3.8, 4) is 0 Å². The van der Waals surface area contributed by atoms with E-state index in [9.17, 15) is 9.59 Å². The number of carbonyl (C=O) groups is 2. The van der Waals surface area contributed by atoms with E-state index in [2.05, 4.69) is 5.32 Å². The Morgan fingerprint density at radius 2 is 2.19 bits per heavy atom. The lowest BCUT2D eigenvalue weighted by Gasteiger charge is -2.23. The molecule has 0 aromatic heterocycles. The van der Waals surface area contributed by atoms with Gasteiger partial charge in [0.2, 0.25) is 11.8 Å². The molecule has 0 radical (unpaired) electrons. The van der Waals surface area contributed by atoms with E-state index in [1.807, 2.05) is 0 Å². The fourth-order valence-corrected chi connectivity index (χ4v) is 1.31. The van der Waals surface area contributed by atoms with E-state index in [4.69, 9.17) is 20.9 Å². The van der Waals surface area contributed by atoms with Gasteiger partial charge in [-0.15, -0.1) is 0 Å². The van der Waals surface area contributed by atoms with Crippen molar-refractivity contribution < 1.29 is 19.1 Å². The van der Waals surface area contributed by atoms with Crippen molar-refractivity contribution in [1.29, 1.82) is 0 Å². The van der Waals surface area contributed by atoms with Crippen molar-refractivity contribution in [1.82, 2.24) is 5.32 Å². The predicted octanol–water partition coefficient (Wildman–Crippen LogP) is -2.28. The Balaban J connectivity index is 2.20. The van der Waals surface area contributed by atoms with Crippen LogP contribution in [0.15, 0.2) is 0 Å². The summed E-state index contributed by atoms with van der Waals surface area (Å²) in [4.78, 5) is 21.9. The summed E-state index contributed by atoms with van der Waals surface area (Å²) < 4.78 is 10.5. The SMILES string of the molecule is NC(=O)CC(N)C(=O)NCC1COCCO1. The van der Waals surface area contributed by atoms with Crippen molar-refractivity contribution in [2.24, 2.45) is 11.5 Å². The van der Waals surface area contributed by atoms with Gasteiger partial charge in [-0.25, -0.2) is 0 Å². The molecule has 7 heteroatoms. The molecule has 1 fully saturated rings. The Labute approximate surface area is 93.4 Å². The highest BCUT2D eigenvalue weighted by Gasteiger charge is 2.19. The van der Waals surface area contributed by atoms with Gasteiger partial charge < -0.3 is 26.3 Å². The van der Waals surface area contributed by atoms with Crippen LogP contribution < -0.4 is 16.8 Å². The van der Waals surface area contributed by atoms with Gasteiger partial charge in [0.05, 0.1) is 38.4 Å². The molecule has 2 atom stereocenters. The monoisotopic (exact) mass is 231 g/mol. The molecule has 7 nitrogen and oxygen atoms in total. The molecule has 2 unspecified atom stereocenters. The number of primary amides is 1. The predicted molar refractivity (Wildman–Crippen MR) is 55.4 cm³/mol. The summed E-state index contributed by atoms with van der Waals surface area (Å²) in [5.41, 5.74) is 10.4. The van der Waals surface area contributed by atoms with E-state index in [0.717, 1.165) is 0 Å². The second-order valence-corrected chi connectivity index (χ2v) is 3.59. The maximum atomic E-state index is 11.4. The number of carbonyl (C=O) groups excluding carboxylic acids is 2. The number of ether oxygens (including phenoxy) is 2. The van der Waals surface area contributed by atoms with Crippen molar-refractivity contribution >= 4 is 11.8 Å². The third-order valence-electron chi connectivity index (χ3n) is 2.15.